The smallest absolute Gasteiger partial charge is 0.308 e. The molecule has 2 fully saturated rings. The van der Waals surface area contributed by atoms with Crippen molar-refractivity contribution >= 4 is 5.97 Å². The molecule has 3 atom stereocenters. The van der Waals surface area contributed by atoms with Gasteiger partial charge in [0.15, 0.2) is 5.76 Å². The zero-order valence-corrected chi connectivity index (χ0v) is 11.4. The molecule has 0 radical (unpaired) electrons. The third-order valence-electron chi connectivity index (χ3n) is 4.67. The molecule has 6 nitrogen and oxygen atoms in total. The lowest BCUT2D eigenvalue weighted by atomic mass is 9.89. The number of aliphatic carboxylic acids is 1. The number of rotatable bonds is 4. The summed E-state index contributed by atoms with van der Waals surface area (Å²) in [7, 11) is 0. The fraction of sp³-hybridized carbons (Fsp3) is 0.467. The molecule has 0 aliphatic carbocycles. The lowest BCUT2D eigenvalue weighted by molar-refractivity contribution is -0.142. The molecule has 2 aliphatic rings. The minimum atomic E-state index is -0.677. The van der Waals surface area contributed by atoms with Crippen molar-refractivity contribution < 1.29 is 18.8 Å². The van der Waals surface area contributed by atoms with E-state index in [4.69, 9.17) is 8.94 Å². The molecule has 0 saturated carbocycles. The highest BCUT2D eigenvalue weighted by Gasteiger charge is 2.49. The number of carboxylic acids is 1. The van der Waals surface area contributed by atoms with Crippen LogP contribution < -0.4 is 0 Å². The van der Waals surface area contributed by atoms with Crippen molar-refractivity contribution in [2.24, 2.45) is 5.92 Å². The van der Waals surface area contributed by atoms with Crippen LogP contribution in [0.1, 0.15) is 25.0 Å². The Morgan fingerprint density at radius 2 is 2.33 bits per heavy atom. The maximum Gasteiger partial charge on any atom is 0.308 e. The lowest BCUT2D eigenvalue weighted by Gasteiger charge is -2.21. The van der Waals surface area contributed by atoms with Gasteiger partial charge in [0.25, 0.3) is 0 Å². The van der Waals surface area contributed by atoms with Gasteiger partial charge >= 0.3 is 5.97 Å². The van der Waals surface area contributed by atoms with Crippen LogP contribution in [0.3, 0.4) is 0 Å². The first kappa shape index (κ1) is 12.6. The highest BCUT2D eigenvalue weighted by molar-refractivity contribution is 5.71. The molecule has 110 valence electrons. The van der Waals surface area contributed by atoms with Gasteiger partial charge in [0.05, 0.1) is 17.9 Å². The van der Waals surface area contributed by atoms with Gasteiger partial charge in [0, 0.05) is 24.7 Å². The molecule has 1 N–H and O–H groups in total. The highest BCUT2D eigenvalue weighted by Crippen LogP contribution is 2.42. The van der Waals surface area contributed by atoms with Crippen LogP contribution in [0.15, 0.2) is 33.4 Å². The number of carboxylic acid groups (broad SMARTS) is 1. The molecule has 4 heterocycles. The first-order valence-electron chi connectivity index (χ1n) is 7.20. The monoisotopic (exact) mass is 288 g/mol. The SMILES string of the molecule is O=C(O)C1CC2CCC1N2Cc1cc(-c2ccco2)on1. The van der Waals surface area contributed by atoms with Crippen molar-refractivity contribution in [3.63, 3.8) is 0 Å². The van der Waals surface area contributed by atoms with E-state index in [1.165, 1.54) is 0 Å². The Morgan fingerprint density at radius 3 is 3.05 bits per heavy atom. The van der Waals surface area contributed by atoms with E-state index in [-0.39, 0.29) is 12.0 Å². The molecule has 0 amide bonds. The van der Waals surface area contributed by atoms with Crippen molar-refractivity contribution in [1.29, 1.82) is 0 Å². The molecule has 2 aliphatic heterocycles. The van der Waals surface area contributed by atoms with Crippen molar-refractivity contribution in [2.75, 3.05) is 0 Å². The normalized spacial score (nSPS) is 28.3. The van der Waals surface area contributed by atoms with Crippen LogP contribution in [0.4, 0.5) is 0 Å². The molecular weight excluding hydrogens is 272 g/mol. The predicted octanol–water partition coefficient (Wildman–Crippen LogP) is 2.37. The summed E-state index contributed by atoms with van der Waals surface area (Å²) in [4.78, 5) is 13.5. The summed E-state index contributed by atoms with van der Waals surface area (Å²) in [6.07, 6.45) is 4.39. The zero-order chi connectivity index (χ0) is 14.4. The zero-order valence-electron chi connectivity index (χ0n) is 11.4. The first-order chi connectivity index (χ1) is 10.2. The second-order valence-electron chi connectivity index (χ2n) is 5.81. The van der Waals surface area contributed by atoms with Gasteiger partial charge in [-0.25, -0.2) is 0 Å². The summed E-state index contributed by atoms with van der Waals surface area (Å²) >= 11 is 0. The summed E-state index contributed by atoms with van der Waals surface area (Å²) in [6.45, 7) is 0.642. The summed E-state index contributed by atoms with van der Waals surface area (Å²) in [6, 6.07) is 5.99. The molecule has 2 aromatic rings. The van der Waals surface area contributed by atoms with Gasteiger partial charge in [-0.2, -0.15) is 0 Å². The van der Waals surface area contributed by atoms with Crippen molar-refractivity contribution in [1.82, 2.24) is 10.1 Å². The Hall–Kier alpha value is -2.08. The van der Waals surface area contributed by atoms with E-state index in [1.54, 1.807) is 12.3 Å². The Balaban J connectivity index is 1.51. The van der Waals surface area contributed by atoms with Gasteiger partial charge in [0.1, 0.15) is 0 Å². The van der Waals surface area contributed by atoms with E-state index >= 15 is 0 Å². The van der Waals surface area contributed by atoms with Crippen LogP contribution in [0.5, 0.6) is 0 Å². The van der Waals surface area contributed by atoms with Gasteiger partial charge in [0.2, 0.25) is 5.76 Å². The molecule has 0 spiro atoms. The fourth-order valence-electron chi connectivity index (χ4n) is 3.72. The van der Waals surface area contributed by atoms with E-state index in [0.29, 0.717) is 24.1 Å². The number of carbonyl (C=O) groups is 1. The van der Waals surface area contributed by atoms with E-state index in [2.05, 4.69) is 10.1 Å². The second-order valence-corrected chi connectivity index (χ2v) is 5.81. The van der Waals surface area contributed by atoms with Gasteiger partial charge in [-0.05, 0) is 31.4 Å². The molecule has 21 heavy (non-hydrogen) atoms. The van der Waals surface area contributed by atoms with Gasteiger partial charge in [-0.3, -0.25) is 9.69 Å². The maximum absolute atomic E-state index is 11.3. The van der Waals surface area contributed by atoms with E-state index < -0.39 is 5.97 Å². The van der Waals surface area contributed by atoms with Gasteiger partial charge in [-0.1, -0.05) is 5.16 Å². The van der Waals surface area contributed by atoms with Gasteiger partial charge in [-0.15, -0.1) is 0 Å². The molecule has 0 aromatic carbocycles. The molecule has 3 unspecified atom stereocenters. The van der Waals surface area contributed by atoms with Crippen LogP contribution in [-0.4, -0.2) is 33.2 Å². The van der Waals surface area contributed by atoms with Crippen LogP contribution in [-0.2, 0) is 11.3 Å². The number of furan rings is 1. The summed E-state index contributed by atoms with van der Waals surface area (Å²) in [5.41, 5.74) is 0.823. The number of nitrogens with zero attached hydrogens (tertiary/aromatic N) is 2. The summed E-state index contributed by atoms with van der Waals surface area (Å²) < 4.78 is 10.6. The van der Waals surface area contributed by atoms with Crippen LogP contribution in [0.2, 0.25) is 0 Å². The standard InChI is InChI=1S/C15H16N2O4/c18-15(19)11-7-10-3-4-12(11)17(10)8-9-6-14(21-16-9)13-2-1-5-20-13/h1-2,5-6,10-12H,3-4,7-8H2,(H,18,19). The Morgan fingerprint density at radius 1 is 1.43 bits per heavy atom. The quantitative estimate of drug-likeness (QED) is 0.930. The summed E-state index contributed by atoms with van der Waals surface area (Å²) in [5.74, 6) is 0.349. The first-order valence-corrected chi connectivity index (χ1v) is 7.20. The molecule has 4 rings (SSSR count). The van der Waals surface area contributed by atoms with Crippen LogP contribution in [0.25, 0.3) is 11.5 Å². The average molecular weight is 288 g/mol. The van der Waals surface area contributed by atoms with E-state index in [9.17, 15) is 9.90 Å². The third-order valence-corrected chi connectivity index (χ3v) is 4.67. The molecular formula is C15H16N2O4. The number of hydrogen-bond acceptors (Lipinski definition) is 5. The van der Waals surface area contributed by atoms with E-state index in [0.717, 1.165) is 25.0 Å². The number of hydrogen-bond donors (Lipinski definition) is 1. The fourth-order valence-corrected chi connectivity index (χ4v) is 3.72. The Bertz CT molecular complexity index is 648. The van der Waals surface area contributed by atoms with E-state index in [1.807, 2.05) is 12.1 Å². The Labute approximate surface area is 121 Å². The molecule has 2 aromatic heterocycles. The van der Waals surface area contributed by atoms with Crippen molar-refractivity contribution in [3.8, 4) is 11.5 Å². The van der Waals surface area contributed by atoms with Gasteiger partial charge < -0.3 is 14.0 Å². The van der Waals surface area contributed by atoms with Crippen molar-refractivity contribution in [3.05, 3.63) is 30.2 Å². The molecule has 2 saturated heterocycles. The minimum Gasteiger partial charge on any atom is -0.481 e. The Kier molecular flexibility index (Phi) is 2.85. The number of aromatic nitrogens is 1. The van der Waals surface area contributed by atoms with Crippen LogP contribution in [0, 0.1) is 5.92 Å². The molecule has 6 heteroatoms. The highest BCUT2D eigenvalue weighted by atomic mass is 16.5. The second kappa shape index (κ2) is 4.73. The lowest BCUT2D eigenvalue weighted by Crippen LogP contribution is -2.32. The number of fused-ring (bicyclic) bond motifs is 2. The third kappa shape index (κ3) is 2.06. The largest absolute Gasteiger partial charge is 0.481 e. The average Bonchev–Trinajstić information content (AvgIpc) is 3.22. The molecule has 2 bridgehead atoms. The summed E-state index contributed by atoms with van der Waals surface area (Å²) in [5, 5.41) is 13.4. The topological polar surface area (TPSA) is 79.7 Å². The van der Waals surface area contributed by atoms with Crippen LogP contribution >= 0.6 is 0 Å². The predicted molar refractivity (Wildman–Crippen MR) is 72.3 cm³/mol. The minimum absolute atomic E-state index is 0.135. The maximum atomic E-state index is 11.3. The van der Waals surface area contributed by atoms with Crippen molar-refractivity contribution in [2.45, 2.75) is 37.9 Å².